The lowest BCUT2D eigenvalue weighted by atomic mass is 10.0. The molecule has 19 heavy (non-hydrogen) atoms. The van der Waals surface area contributed by atoms with Gasteiger partial charge in [0.2, 0.25) is 0 Å². The molecule has 1 aromatic carbocycles. The molecule has 0 bridgehead atoms. The zero-order chi connectivity index (χ0) is 14.3. The highest BCUT2D eigenvalue weighted by Crippen LogP contribution is 2.20. The van der Waals surface area contributed by atoms with Crippen LogP contribution in [0.5, 0.6) is 5.75 Å². The number of methoxy groups -OCH3 is 1. The fourth-order valence-corrected chi connectivity index (χ4v) is 2.62. The Bertz CT molecular complexity index is 366. The summed E-state index contributed by atoms with van der Waals surface area (Å²) >= 11 is 4.42. The molecule has 0 heterocycles. The van der Waals surface area contributed by atoms with Gasteiger partial charge in [-0.2, -0.15) is 12.6 Å². The van der Waals surface area contributed by atoms with Gasteiger partial charge < -0.3 is 9.64 Å². The first kappa shape index (κ1) is 16.4. The molecule has 2 unspecified atom stereocenters. The van der Waals surface area contributed by atoms with Crippen molar-refractivity contribution in [1.29, 1.82) is 0 Å². The Morgan fingerprint density at radius 3 is 2.58 bits per heavy atom. The van der Waals surface area contributed by atoms with E-state index < -0.39 is 0 Å². The van der Waals surface area contributed by atoms with E-state index in [0.29, 0.717) is 12.0 Å². The average Bonchev–Trinajstić information content (AvgIpc) is 2.44. The van der Waals surface area contributed by atoms with E-state index in [0.717, 1.165) is 24.5 Å². The van der Waals surface area contributed by atoms with Gasteiger partial charge in [0.15, 0.2) is 0 Å². The van der Waals surface area contributed by atoms with Gasteiger partial charge in [-0.3, -0.25) is 0 Å². The molecular weight excluding hydrogens is 254 g/mol. The Balaban J connectivity index is 2.60. The molecule has 0 amide bonds. The summed E-state index contributed by atoms with van der Waals surface area (Å²) in [7, 11) is 3.94. The largest absolute Gasteiger partial charge is 0.496 e. The van der Waals surface area contributed by atoms with E-state index in [1.54, 1.807) is 7.11 Å². The summed E-state index contributed by atoms with van der Waals surface area (Å²) in [6.07, 6.45) is 2.21. The molecule has 108 valence electrons. The van der Waals surface area contributed by atoms with Crippen LogP contribution in [0.25, 0.3) is 0 Å². The third kappa shape index (κ3) is 5.07. The van der Waals surface area contributed by atoms with Gasteiger partial charge in [-0.25, -0.2) is 0 Å². The summed E-state index contributed by atoms with van der Waals surface area (Å²) in [5.41, 5.74) is 1.28. The zero-order valence-electron chi connectivity index (χ0n) is 12.6. The Hall–Kier alpha value is -0.670. The van der Waals surface area contributed by atoms with Crippen molar-refractivity contribution in [2.75, 3.05) is 26.5 Å². The number of para-hydroxylation sites is 1. The maximum Gasteiger partial charge on any atom is 0.122 e. The van der Waals surface area contributed by atoms with Crippen LogP contribution in [0.3, 0.4) is 0 Å². The number of ether oxygens (including phenoxy) is 1. The molecule has 0 saturated heterocycles. The summed E-state index contributed by atoms with van der Waals surface area (Å²) in [6, 6.07) is 8.78. The molecule has 2 atom stereocenters. The van der Waals surface area contributed by atoms with Gasteiger partial charge >= 0.3 is 0 Å². The number of nitrogens with zero attached hydrogens (tertiary/aromatic N) is 1. The molecular formula is C16H27NOS. The van der Waals surface area contributed by atoms with Crippen molar-refractivity contribution in [3.05, 3.63) is 29.8 Å². The van der Waals surface area contributed by atoms with Crippen molar-refractivity contribution in [3.63, 3.8) is 0 Å². The molecule has 0 aliphatic rings. The van der Waals surface area contributed by atoms with Crippen molar-refractivity contribution in [1.82, 2.24) is 4.90 Å². The Morgan fingerprint density at radius 2 is 2.00 bits per heavy atom. The molecule has 2 nitrogen and oxygen atoms in total. The fourth-order valence-electron chi connectivity index (χ4n) is 2.25. The van der Waals surface area contributed by atoms with E-state index in [1.807, 2.05) is 12.1 Å². The topological polar surface area (TPSA) is 12.5 Å². The second kappa shape index (κ2) is 8.49. The van der Waals surface area contributed by atoms with E-state index >= 15 is 0 Å². The van der Waals surface area contributed by atoms with Gasteiger partial charge in [-0.1, -0.05) is 31.5 Å². The molecule has 0 saturated carbocycles. The predicted octanol–water partition coefficient (Wildman–Crippen LogP) is 3.51. The van der Waals surface area contributed by atoms with Crippen LogP contribution in [0.15, 0.2) is 24.3 Å². The lowest BCUT2D eigenvalue weighted by Gasteiger charge is -2.28. The van der Waals surface area contributed by atoms with Gasteiger partial charge in [0.25, 0.3) is 0 Å². The molecule has 1 rings (SSSR count). The fraction of sp³-hybridized carbons (Fsp3) is 0.625. The van der Waals surface area contributed by atoms with Crippen LogP contribution in [-0.2, 0) is 6.42 Å². The minimum Gasteiger partial charge on any atom is -0.496 e. The quantitative estimate of drug-likeness (QED) is 0.732. The van der Waals surface area contributed by atoms with Gasteiger partial charge in [-0.15, -0.1) is 0 Å². The van der Waals surface area contributed by atoms with Gasteiger partial charge in [-0.05, 0) is 43.7 Å². The van der Waals surface area contributed by atoms with Crippen molar-refractivity contribution in [3.8, 4) is 5.75 Å². The van der Waals surface area contributed by atoms with Crippen molar-refractivity contribution < 1.29 is 4.74 Å². The lowest BCUT2D eigenvalue weighted by molar-refractivity contribution is 0.221. The maximum absolute atomic E-state index is 5.42. The van der Waals surface area contributed by atoms with Gasteiger partial charge in [0.05, 0.1) is 7.11 Å². The molecule has 3 heteroatoms. The highest BCUT2D eigenvalue weighted by atomic mass is 32.1. The Morgan fingerprint density at radius 1 is 1.32 bits per heavy atom. The van der Waals surface area contributed by atoms with Crippen molar-refractivity contribution in [2.24, 2.45) is 5.92 Å². The van der Waals surface area contributed by atoms with E-state index in [1.165, 1.54) is 12.0 Å². The summed E-state index contributed by atoms with van der Waals surface area (Å²) in [4.78, 5) is 2.43. The van der Waals surface area contributed by atoms with Crippen molar-refractivity contribution >= 4 is 12.6 Å². The van der Waals surface area contributed by atoms with Gasteiger partial charge in [0.1, 0.15) is 5.75 Å². The summed E-state index contributed by atoms with van der Waals surface area (Å²) in [5, 5.41) is 0. The molecule has 0 spiro atoms. The summed E-state index contributed by atoms with van der Waals surface area (Å²) < 4.78 is 5.42. The number of benzene rings is 1. The second-order valence-electron chi connectivity index (χ2n) is 5.26. The zero-order valence-corrected chi connectivity index (χ0v) is 13.5. The van der Waals surface area contributed by atoms with Crippen molar-refractivity contribution in [2.45, 2.75) is 32.7 Å². The van der Waals surface area contributed by atoms with E-state index in [9.17, 15) is 0 Å². The normalized spacial score (nSPS) is 14.4. The first-order valence-electron chi connectivity index (χ1n) is 7.05. The minimum absolute atomic E-state index is 0.505. The smallest absolute Gasteiger partial charge is 0.122 e. The van der Waals surface area contributed by atoms with E-state index in [2.05, 4.69) is 50.6 Å². The number of hydrogen-bond donors (Lipinski definition) is 1. The standard InChI is InChI=1S/C16H27NOS/c1-5-14(12-19)11-17(3)13(2)10-15-8-6-7-9-16(15)18-4/h6-9,13-14,19H,5,10-12H2,1-4H3. The van der Waals surface area contributed by atoms with Crippen LogP contribution in [0, 0.1) is 5.92 Å². The highest BCUT2D eigenvalue weighted by Gasteiger charge is 2.15. The third-order valence-corrected chi connectivity index (χ3v) is 4.36. The molecule has 0 N–H and O–H groups in total. The average molecular weight is 281 g/mol. The van der Waals surface area contributed by atoms with Crippen LogP contribution >= 0.6 is 12.6 Å². The number of hydrogen-bond acceptors (Lipinski definition) is 3. The van der Waals surface area contributed by atoms with Crippen LogP contribution < -0.4 is 4.74 Å². The van der Waals surface area contributed by atoms with Crippen LogP contribution in [0.1, 0.15) is 25.8 Å². The monoisotopic (exact) mass is 281 g/mol. The first-order chi connectivity index (χ1) is 9.12. The van der Waals surface area contributed by atoms with Crippen LogP contribution in [0.2, 0.25) is 0 Å². The summed E-state index contributed by atoms with van der Waals surface area (Å²) in [6.45, 7) is 5.62. The number of likely N-dealkylation sites (N-methyl/N-ethyl adjacent to an activating group) is 1. The van der Waals surface area contributed by atoms with Crippen LogP contribution in [-0.4, -0.2) is 37.4 Å². The predicted molar refractivity (Wildman–Crippen MR) is 86.4 cm³/mol. The van der Waals surface area contributed by atoms with E-state index in [4.69, 9.17) is 4.74 Å². The highest BCUT2D eigenvalue weighted by molar-refractivity contribution is 7.80. The maximum atomic E-state index is 5.42. The molecule has 0 aliphatic carbocycles. The molecule has 0 fully saturated rings. The molecule has 1 aromatic rings. The Kier molecular flexibility index (Phi) is 7.32. The summed E-state index contributed by atoms with van der Waals surface area (Å²) in [5.74, 6) is 2.62. The number of rotatable bonds is 8. The third-order valence-electron chi connectivity index (χ3n) is 3.84. The second-order valence-corrected chi connectivity index (χ2v) is 5.63. The lowest BCUT2D eigenvalue weighted by Crippen LogP contribution is -2.35. The minimum atomic E-state index is 0.505. The van der Waals surface area contributed by atoms with Crippen LogP contribution in [0.4, 0.5) is 0 Å². The molecule has 0 aromatic heterocycles. The van der Waals surface area contributed by atoms with Gasteiger partial charge in [0, 0.05) is 12.6 Å². The molecule has 0 aliphatic heterocycles. The Labute approximate surface area is 123 Å². The number of thiol groups is 1. The molecule has 0 radical (unpaired) electrons. The first-order valence-corrected chi connectivity index (χ1v) is 7.68. The SMILES string of the molecule is CCC(CS)CN(C)C(C)Cc1ccccc1OC. The van der Waals surface area contributed by atoms with E-state index in [-0.39, 0.29) is 0 Å².